The van der Waals surface area contributed by atoms with Crippen LogP contribution in [-0.4, -0.2) is 30.6 Å². The molecule has 0 aromatic heterocycles. The van der Waals surface area contributed by atoms with E-state index in [1.165, 1.54) is 0 Å². The first-order valence-corrected chi connectivity index (χ1v) is 8.54. The Labute approximate surface area is 143 Å². The Morgan fingerprint density at radius 2 is 2.00 bits per heavy atom. The summed E-state index contributed by atoms with van der Waals surface area (Å²) in [6.45, 7) is 10.5. The molecule has 1 N–H and O–H groups in total. The minimum absolute atomic E-state index is 0.0324. The molecule has 0 heterocycles. The molecule has 0 bridgehead atoms. The van der Waals surface area contributed by atoms with E-state index in [1.807, 2.05) is 18.2 Å². The van der Waals surface area contributed by atoms with Crippen LogP contribution in [0.3, 0.4) is 0 Å². The molecule has 1 aromatic carbocycles. The van der Waals surface area contributed by atoms with Gasteiger partial charge in [-0.3, -0.25) is 4.79 Å². The molecular weight excluding hydrogens is 310 g/mol. The van der Waals surface area contributed by atoms with E-state index in [0.717, 1.165) is 11.1 Å². The van der Waals surface area contributed by atoms with E-state index in [9.17, 15) is 4.79 Å². The summed E-state index contributed by atoms with van der Waals surface area (Å²) >= 11 is 1.63. The lowest BCUT2D eigenvalue weighted by atomic mass is 10.1. The van der Waals surface area contributed by atoms with Crippen molar-refractivity contribution in [3.8, 4) is 11.5 Å². The second kappa shape index (κ2) is 8.87. The highest BCUT2D eigenvalue weighted by atomic mass is 32.2. The molecule has 5 heteroatoms. The zero-order valence-electron chi connectivity index (χ0n) is 14.7. The van der Waals surface area contributed by atoms with Crippen molar-refractivity contribution in [3.63, 3.8) is 0 Å². The molecule has 0 saturated carbocycles. The topological polar surface area (TPSA) is 47.6 Å². The lowest BCUT2D eigenvalue weighted by Gasteiger charge is -2.17. The standard InChI is InChI=1S/C18H27NO3S/c1-7-8-14-9-13(10-15(21-5)17(14)22-6)11-19-16(20)12-23-18(2,3)4/h7,9-10H,1,8,11-12H2,2-6H3,(H,19,20). The van der Waals surface area contributed by atoms with Gasteiger partial charge in [0, 0.05) is 16.9 Å². The highest BCUT2D eigenvalue weighted by molar-refractivity contribution is 8.01. The van der Waals surface area contributed by atoms with Gasteiger partial charge in [-0.15, -0.1) is 18.3 Å². The summed E-state index contributed by atoms with van der Waals surface area (Å²) in [5.41, 5.74) is 1.98. The van der Waals surface area contributed by atoms with E-state index in [4.69, 9.17) is 9.47 Å². The number of ether oxygens (including phenoxy) is 2. The number of carbonyl (C=O) groups excluding carboxylic acids is 1. The molecular formula is C18H27NO3S. The fourth-order valence-electron chi connectivity index (χ4n) is 2.05. The molecule has 128 valence electrons. The predicted molar refractivity (Wildman–Crippen MR) is 97.5 cm³/mol. The molecule has 4 nitrogen and oxygen atoms in total. The SMILES string of the molecule is C=CCc1cc(CNC(=O)CSC(C)(C)C)cc(OC)c1OC. The Bertz CT molecular complexity index is 550. The number of hydrogen-bond donors (Lipinski definition) is 1. The highest BCUT2D eigenvalue weighted by Gasteiger charge is 2.14. The maximum absolute atomic E-state index is 11.9. The number of carbonyl (C=O) groups is 1. The molecule has 0 radical (unpaired) electrons. The zero-order chi connectivity index (χ0) is 17.5. The summed E-state index contributed by atoms with van der Waals surface area (Å²) < 4.78 is 10.9. The Morgan fingerprint density at radius 1 is 1.30 bits per heavy atom. The van der Waals surface area contributed by atoms with E-state index in [1.54, 1.807) is 26.0 Å². The number of amides is 1. The van der Waals surface area contributed by atoms with Gasteiger partial charge in [0.1, 0.15) is 0 Å². The lowest BCUT2D eigenvalue weighted by molar-refractivity contribution is -0.118. The molecule has 0 spiro atoms. The van der Waals surface area contributed by atoms with Crippen LogP contribution in [0.25, 0.3) is 0 Å². The van der Waals surface area contributed by atoms with Crippen LogP contribution in [0, 0.1) is 0 Å². The summed E-state index contributed by atoms with van der Waals surface area (Å²) in [5, 5.41) is 2.95. The minimum Gasteiger partial charge on any atom is -0.493 e. The van der Waals surface area contributed by atoms with E-state index in [2.05, 4.69) is 32.7 Å². The number of thioether (sulfide) groups is 1. The number of methoxy groups -OCH3 is 2. The highest BCUT2D eigenvalue weighted by Crippen LogP contribution is 2.33. The third-order valence-electron chi connectivity index (χ3n) is 3.11. The van der Waals surface area contributed by atoms with Crippen LogP contribution in [0.15, 0.2) is 24.8 Å². The lowest BCUT2D eigenvalue weighted by Crippen LogP contribution is -2.26. The Hall–Kier alpha value is -1.62. The summed E-state index contributed by atoms with van der Waals surface area (Å²) in [6, 6.07) is 3.91. The molecule has 0 aliphatic heterocycles. The van der Waals surface area contributed by atoms with Crippen molar-refractivity contribution in [3.05, 3.63) is 35.9 Å². The Kier molecular flexibility index (Phi) is 7.49. The predicted octanol–water partition coefficient (Wildman–Crippen LogP) is 3.58. The van der Waals surface area contributed by atoms with E-state index in [0.29, 0.717) is 30.2 Å². The average Bonchev–Trinajstić information content (AvgIpc) is 2.50. The molecule has 23 heavy (non-hydrogen) atoms. The van der Waals surface area contributed by atoms with Gasteiger partial charge in [-0.1, -0.05) is 26.8 Å². The van der Waals surface area contributed by atoms with Crippen LogP contribution in [0.5, 0.6) is 11.5 Å². The van der Waals surface area contributed by atoms with Crippen LogP contribution in [0.2, 0.25) is 0 Å². The third-order valence-corrected chi connectivity index (χ3v) is 4.38. The van der Waals surface area contributed by atoms with Crippen molar-refractivity contribution in [1.82, 2.24) is 5.32 Å². The van der Waals surface area contributed by atoms with Crippen LogP contribution in [0.4, 0.5) is 0 Å². The maximum atomic E-state index is 11.9. The third kappa shape index (κ3) is 6.57. The van der Waals surface area contributed by atoms with Gasteiger partial charge in [-0.25, -0.2) is 0 Å². The molecule has 1 rings (SSSR count). The second-order valence-corrected chi connectivity index (χ2v) is 7.96. The smallest absolute Gasteiger partial charge is 0.230 e. The number of allylic oxidation sites excluding steroid dienone is 1. The minimum atomic E-state index is 0.0324. The van der Waals surface area contributed by atoms with Crippen molar-refractivity contribution in [2.24, 2.45) is 0 Å². The summed E-state index contributed by atoms with van der Waals surface area (Å²) in [6.07, 6.45) is 2.50. The van der Waals surface area contributed by atoms with E-state index in [-0.39, 0.29) is 10.7 Å². The first kappa shape index (κ1) is 19.4. The van der Waals surface area contributed by atoms with Crippen molar-refractivity contribution < 1.29 is 14.3 Å². The normalized spacial score (nSPS) is 11.0. The first-order chi connectivity index (χ1) is 10.8. The number of hydrogen-bond acceptors (Lipinski definition) is 4. The molecule has 0 fully saturated rings. The van der Waals surface area contributed by atoms with Crippen LogP contribution >= 0.6 is 11.8 Å². The second-order valence-electron chi connectivity index (χ2n) is 6.16. The molecule has 0 aliphatic rings. The number of nitrogens with one attached hydrogen (secondary N) is 1. The van der Waals surface area contributed by atoms with Gasteiger partial charge >= 0.3 is 0 Å². The fourth-order valence-corrected chi connectivity index (χ4v) is 2.72. The van der Waals surface area contributed by atoms with Gasteiger partial charge in [0.15, 0.2) is 11.5 Å². The van der Waals surface area contributed by atoms with Crippen molar-refractivity contribution in [2.45, 2.75) is 38.5 Å². The maximum Gasteiger partial charge on any atom is 0.230 e. The Balaban J connectivity index is 2.78. The van der Waals surface area contributed by atoms with E-state index < -0.39 is 0 Å². The van der Waals surface area contributed by atoms with Gasteiger partial charge < -0.3 is 14.8 Å². The van der Waals surface area contributed by atoms with Gasteiger partial charge in [0.25, 0.3) is 0 Å². The van der Waals surface area contributed by atoms with Crippen LogP contribution in [-0.2, 0) is 17.8 Å². The van der Waals surface area contributed by atoms with Gasteiger partial charge in [-0.05, 0) is 24.1 Å². The molecule has 1 aromatic rings. The average molecular weight is 337 g/mol. The van der Waals surface area contributed by atoms with Crippen LogP contribution < -0.4 is 14.8 Å². The number of benzene rings is 1. The Morgan fingerprint density at radius 3 is 2.52 bits per heavy atom. The first-order valence-electron chi connectivity index (χ1n) is 7.56. The molecule has 0 saturated heterocycles. The summed E-state index contributed by atoms with van der Waals surface area (Å²) in [4.78, 5) is 11.9. The van der Waals surface area contributed by atoms with Crippen molar-refractivity contribution >= 4 is 17.7 Å². The van der Waals surface area contributed by atoms with Gasteiger partial charge in [0.2, 0.25) is 5.91 Å². The molecule has 0 aliphatic carbocycles. The molecule has 0 unspecified atom stereocenters. The summed E-state index contributed by atoms with van der Waals surface area (Å²) in [7, 11) is 3.23. The van der Waals surface area contributed by atoms with E-state index >= 15 is 0 Å². The largest absolute Gasteiger partial charge is 0.493 e. The van der Waals surface area contributed by atoms with Crippen molar-refractivity contribution in [1.29, 1.82) is 0 Å². The van der Waals surface area contributed by atoms with Crippen LogP contribution in [0.1, 0.15) is 31.9 Å². The molecule has 0 atom stereocenters. The van der Waals surface area contributed by atoms with Gasteiger partial charge in [-0.2, -0.15) is 0 Å². The van der Waals surface area contributed by atoms with Crippen molar-refractivity contribution in [2.75, 3.05) is 20.0 Å². The molecule has 1 amide bonds. The quantitative estimate of drug-likeness (QED) is 0.737. The zero-order valence-corrected chi connectivity index (χ0v) is 15.5. The monoisotopic (exact) mass is 337 g/mol. The van der Waals surface area contributed by atoms with Gasteiger partial charge in [0.05, 0.1) is 20.0 Å². The fraction of sp³-hybridized carbons (Fsp3) is 0.500. The number of rotatable bonds is 8. The summed E-state index contributed by atoms with van der Waals surface area (Å²) in [5.74, 6) is 1.87.